The Kier molecular flexibility index (Phi) is 4.28. The number of hydrogen-bond donors (Lipinski definition) is 1. The van der Waals surface area contributed by atoms with E-state index in [0.717, 1.165) is 37.7 Å². The molecule has 0 atom stereocenters. The van der Waals surface area contributed by atoms with Gasteiger partial charge >= 0.3 is 0 Å². The summed E-state index contributed by atoms with van der Waals surface area (Å²) in [6.07, 6.45) is 5.52. The molecule has 0 unspecified atom stereocenters. The van der Waals surface area contributed by atoms with Crippen molar-refractivity contribution in [1.29, 1.82) is 0 Å². The number of hydrogen-bond acceptors (Lipinski definition) is 4. The molecule has 2 aromatic rings. The van der Waals surface area contributed by atoms with Crippen molar-refractivity contribution in [1.82, 2.24) is 19.7 Å². The highest BCUT2D eigenvalue weighted by Crippen LogP contribution is 2.10. The van der Waals surface area contributed by atoms with Crippen LogP contribution in [-0.2, 0) is 19.4 Å². The van der Waals surface area contributed by atoms with Crippen molar-refractivity contribution in [2.45, 2.75) is 33.2 Å². The molecule has 0 saturated heterocycles. The highest BCUT2D eigenvalue weighted by atomic mass is 15.3. The molecule has 0 aromatic carbocycles. The molecule has 0 fully saturated rings. The molecule has 0 amide bonds. The van der Waals surface area contributed by atoms with Gasteiger partial charge in [-0.3, -0.25) is 9.55 Å². The zero-order chi connectivity index (χ0) is 12.8. The maximum absolute atomic E-state index is 4.25. The second kappa shape index (κ2) is 6.14. The molecule has 96 valence electrons. The van der Waals surface area contributed by atoms with Crippen molar-refractivity contribution in [3.8, 4) is 0 Å². The van der Waals surface area contributed by atoms with Gasteiger partial charge < -0.3 is 5.32 Å². The van der Waals surface area contributed by atoms with Gasteiger partial charge in [0.25, 0.3) is 0 Å². The van der Waals surface area contributed by atoms with Crippen LogP contribution in [0.2, 0.25) is 0 Å². The SMILES string of the molecule is CCNc1nnc(CCc2cccnc2)n1CC. The van der Waals surface area contributed by atoms with Gasteiger partial charge in [0.2, 0.25) is 5.95 Å². The Morgan fingerprint density at radius 2 is 2.11 bits per heavy atom. The maximum Gasteiger partial charge on any atom is 0.224 e. The summed E-state index contributed by atoms with van der Waals surface area (Å²) in [4.78, 5) is 4.12. The fourth-order valence-electron chi connectivity index (χ4n) is 1.94. The lowest BCUT2D eigenvalue weighted by Crippen LogP contribution is -2.09. The van der Waals surface area contributed by atoms with Crippen molar-refractivity contribution in [3.63, 3.8) is 0 Å². The molecule has 1 N–H and O–H groups in total. The number of aryl methyl sites for hydroxylation is 2. The van der Waals surface area contributed by atoms with Gasteiger partial charge in [0.1, 0.15) is 5.82 Å². The lowest BCUT2D eigenvalue weighted by molar-refractivity contribution is 0.692. The first-order chi connectivity index (χ1) is 8.85. The van der Waals surface area contributed by atoms with Gasteiger partial charge in [-0.15, -0.1) is 10.2 Å². The Hall–Kier alpha value is -1.91. The number of anilines is 1. The first-order valence-corrected chi connectivity index (χ1v) is 6.40. The highest BCUT2D eigenvalue weighted by Gasteiger charge is 2.09. The molecular formula is C13H19N5. The van der Waals surface area contributed by atoms with E-state index in [0.29, 0.717) is 0 Å². The van der Waals surface area contributed by atoms with Crippen LogP contribution < -0.4 is 5.32 Å². The average molecular weight is 245 g/mol. The molecular weight excluding hydrogens is 226 g/mol. The number of nitrogens with one attached hydrogen (secondary N) is 1. The third-order valence-corrected chi connectivity index (χ3v) is 2.84. The monoisotopic (exact) mass is 245 g/mol. The van der Waals surface area contributed by atoms with Gasteiger partial charge in [-0.25, -0.2) is 0 Å². The average Bonchev–Trinajstić information content (AvgIpc) is 2.80. The fourth-order valence-corrected chi connectivity index (χ4v) is 1.94. The standard InChI is InChI=1S/C13H19N5/c1-3-15-13-17-16-12(18(13)4-2)8-7-11-6-5-9-14-10-11/h5-6,9-10H,3-4,7-8H2,1-2H3,(H,15,17). The van der Waals surface area contributed by atoms with E-state index in [1.165, 1.54) is 5.56 Å². The van der Waals surface area contributed by atoms with Gasteiger partial charge in [0, 0.05) is 31.9 Å². The van der Waals surface area contributed by atoms with E-state index in [9.17, 15) is 0 Å². The van der Waals surface area contributed by atoms with Crippen LogP contribution in [0.3, 0.4) is 0 Å². The van der Waals surface area contributed by atoms with E-state index in [2.05, 4.69) is 45.0 Å². The van der Waals surface area contributed by atoms with Crippen LogP contribution in [0.4, 0.5) is 5.95 Å². The van der Waals surface area contributed by atoms with Gasteiger partial charge in [0.15, 0.2) is 0 Å². The van der Waals surface area contributed by atoms with Crippen LogP contribution in [0, 0.1) is 0 Å². The topological polar surface area (TPSA) is 55.6 Å². The minimum absolute atomic E-state index is 0.862. The molecule has 2 rings (SSSR count). The predicted molar refractivity (Wildman–Crippen MR) is 71.5 cm³/mol. The molecule has 0 spiro atoms. The molecule has 5 nitrogen and oxygen atoms in total. The maximum atomic E-state index is 4.25. The third kappa shape index (κ3) is 2.85. The second-order valence-corrected chi connectivity index (χ2v) is 4.08. The van der Waals surface area contributed by atoms with Crippen molar-refractivity contribution >= 4 is 5.95 Å². The zero-order valence-electron chi connectivity index (χ0n) is 10.9. The van der Waals surface area contributed by atoms with Crippen LogP contribution in [-0.4, -0.2) is 26.3 Å². The molecule has 0 bridgehead atoms. The Bertz CT molecular complexity index is 477. The lowest BCUT2D eigenvalue weighted by atomic mass is 10.1. The van der Waals surface area contributed by atoms with E-state index in [-0.39, 0.29) is 0 Å². The van der Waals surface area contributed by atoms with Crippen LogP contribution in [0.15, 0.2) is 24.5 Å². The molecule has 2 aromatic heterocycles. The normalized spacial score (nSPS) is 10.6. The van der Waals surface area contributed by atoms with Crippen molar-refractivity contribution in [3.05, 3.63) is 35.9 Å². The lowest BCUT2D eigenvalue weighted by Gasteiger charge is -2.07. The number of nitrogens with zero attached hydrogens (tertiary/aromatic N) is 4. The molecule has 0 aliphatic carbocycles. The zero-order valence-corrected chi connectivity index (χ0v) is 10.9. The number of pyridine rings is 1. The summed E-state index contributed by atoms with van der Waals surface area (Å²) in [5.74, 6) is 1.89. The molecule has 5 heteroatoms. The summed E-state index contributed by atoms with van der Waals surface area (Å²) >= 11 is 0. The van der Waals surface area contributed by atoms with Gasteiger partial charge in [-0.05, 0) is 31.9 Å². The van der Waals surface area contributed by atoms with Gasteiger partial charge in [-0.2, -0.15) is 0 Å². The third-order valence-electron chi connectivity index (χ3n) is 2.84. The summed E-state index contributed by atoms with van der Waals surface area (Å²) in [5.41, 5.74) is 1.23. The summed E-state index contributed by atoms with van der Waals surface area (Å²) in [5, 5.41) is 11.6. The molecule has 0 aliphatic rings. The quantitative estimate of drug-likeness (QED) is 0.844. The summed E-state index contributed by atoms with van der Waals surface area (Å²) in [6.45, 7) is 5.92. The van der Waals surface area contributed by atoms with Crippen LogP contribution >= 0.6 is 0 Å². The van der Waals surface area contributed by atoms with Crippen LogP contribution in [0.5, 0.6) is 0 Å². The summed E-state index contributed by atoms with van der Waals surface area (Å²) in [6, 6.07) is 4.05. The first kappa shape index (κ1) is 12.5. The van der Waals surface area contributed by atoms with Gasteiger partial charge in [-0.1, -0.05) is 6.07 Å². The smallest absolute Gasteiger partial charge is 0.224 e. The number of rotatable bonds is 6. The Balaban J connectivity index is 2.05. The van der Waals surface area contributed by atoms with E-state index < -0.39 is 0 Å². The highest BCUT2D eigenvalue weighted by molar-refractivity contribution is 5.25. The molecule has 0 saturated carbocycles. The van der Waals surface area contributed by atoms with Crippen molar-refractivity contribution in [2.75, 3.05) is 11.9 Å². The summed E-state index contributed by atoms with van der Waals surface area (Å²) < 4.78 is 2.12. The van der Waals surface area contributed by atoms with E-state index in [1.807, 2.05) is 12.3 Å². The first-order valence-electron chi connectivity index (χ1n) is 6.40. The Labute approximate surface area is 107 Å². The van der Waals surface area contributed by atoms with Crippen molar-refractivity contribution in [2.24, 2.45) is 0 Å². The second-order valence-electron chi connectivity index (χ2n) is 4.08. The minimum Gasteiger partial charge on any atom is -0.355 e. The molecule has 18 heavy (non-hydrogen) atoms. The summed E-state index contributed by atoms with van der Waals surface area (Å²) in [7, 11) is 0. The Morgan fingerprint density at radius 1 is 1.22 bits per heavy atom. The van der Waals surface area contributed by atoms with Crippen molar-refractivity contribution < 1.29 is 0 Å². The van der Waals surface area contributed by atoms with Crippen LogP contribution in [0.1, 0.15) is 25.2 Å². The molecule has 0 aliphatic heterocycles. The minimum atomic E-state index is 0.862. The van der Waals surface area contributed by atoms with E-state index >= 15 is 0 Å². The van der Waals surface area contributed by atoms with Crippen LogP contribution in [0.25, 0.3) is 0 Å². The fraction of sp³-hybridized carbons (Fsp3) is 0.462. The predicted octanol–water partition coefficient (Wildman–Crippen LogP) is 1.91. The Morgan fingerprint density at radius 3 is 2.78 bits per heavy atom. The molecule has 2 heterocycles. The number of aromatic nitrogens is 4. The van der Waals surface area contributed by atoms with Gasteiger partial charge in [0.05, 0.1) is 0 Å². The van der Waals surface area contributed by atoms with E-state index in [4.69, 9.17) is 0 Å². The largest absolute Gasteiger partial charge is 0.355 e. The molecule has 0 radical (unpaired) electrons. The van der Waals surface area contributed by atoms with E-state index in [1.54, 1.807) is 6.20 Å².